The first-order valence-electron chi connectivity index (χ1n) is 3.66. The molecule has 3 nitrogen and oxygen atoms in total. The minimum atomic E-state index is -0.847. The molecule has 1 fully saturated rings. The van der Waals surface area contributed by atoms with E-state index in [-0.39, 0.29) is 11.3 Å². The molecule has 5 heteroatoms. The molecule has 0 radical (unpaired) electrons. The van der Waals surface area contributed by atoms with Gasteiger partial charge in [0.2, 0.25) is 11.3 Å². The molecule has 1 saturated heterocycles. The van der Waals surface area contributed by atoms with E-state index < -0.39 is 11.2 Å². The summed E-state index contributed by atoms with van der Waals surface area (Å²) in [6.45, 7) is 0. The maximum absolute atomic E-state index is 11.4. The maximum atomic E-state index is 11.4. The lowest BCUT2D eigenvalue weighted by Crippen LogP contribution is -2.56. The number of β-lactam (4-membered cyclic amide) rings is 1. The maximum Gasteiger partial charge on any atom is 0.237 e. The van der Waals surface area contributed by atoms with Crippen LogP contribution >= 0.6 is 22.6 Å². The summed E-state index contributed by atoms with van der Waals surface area (Å²) in [6, 6.07) is 0. The predicted molar refractivity (Wildman–Crippen MR) is 55.2 cm³/mol. The predicted octanol–water partition coefficient (Wildman–Crippen LogP) is 0.626. The molecule has 2 rings (SSSR count). The molecular formula is C7H8INO2S. The summed E-state index contributed by atoms with van der Waals surface area (Å²) >= 11 is 1.38. The van der Waals surface area contributed by atoms with E-state index in [1.807, 2.05) is 6.20 Å². The molecule has 0 saturated carbocycles. The van der Waals surface area contributed by atoms with Crippen LogP contribution in [0.3, 0.4) is 0 Å². The van der Waals surface area contributed by atoms with Crippen molar-refractivity contribution >= 4 is 39.7 Å². The van der Waals surface area contributed by atoms with Gasteiger partial charge in [0.05, 0.1) is 6.42 Å². The van der Waals surface area contributed by atoms with Crippen LogP contribution in [0.5, 0.6) is 0 Å². The summed E-state index contributed by atoms with van der Waals surface area (Å²) in [4.78, 5) is 12.6. The third-order valence-electron chi connectivity index (χ3n) is 2.07. The number of fused-ring (bicyclic) bond motifs is 1. The van der Waals surface area contributed by atoms with Crippen LogP contribution < -0.4 is 0 Å². The first kappa shape index (κ1) is 8.83. The summed E-state index contributed by atoms with van der Waals surface area (Å²) in [5.74, 6) is 0.757. The molecule has 0 aliphatic carbocycles. The molecule has 2 heterocycles. The fourth-order valence-corrected chi connectivity index (χ4v) is 3.69. The average Bonchev–Trinajstić information content (AvgIpc) is 2.06. The Labute approximate surface area is 87.5 Å². The van der Waals surface area contributed by atoms with Crippen LogP contribution in [0.2, 0.25) is 0 Å². The molecule has 0 aromatic rings. The molecule has 0 spiro atoms. The third-order valence-corrected chi connectivity index (χ3v) is 4.71. The number of amides is 1. The van der Waals surface area contributed by atoms with E-state index in [9.17, 15) is 9.35 Å². The van der Waals surface area contributed by atoms with Crippen LogP contribution in [-0.4, -0.2) is 30.9 Å². The average molecular weight is 297 g/mol. The van der Waals surface area contributed by atoms with Gasteiger partial charge in [0.1, 0.15) is 5.75 Å². The van der Waals surface area contributed by atoms with Gasteiger partial charge >= 0.3 is 0 Å². The SMILES string of the molecule is O=C1C[C@H]2N1C=C(CI)C[S+]2[O-]. The number of alkyl halides is 1. The second-order valence-corrected chi connectivity index (χ2v) is 5.26. The fraction of sp³-hybridized carbons (Fsp3) is 0.571. The minimum Gasteiger partial charge on any atom is -0.614 e. The van der Waals surface area contributed by atoms with Crippen molar-refractivity contribution in [2.75, 3.05) is 10.2 Å². The highest BCUT2D eigenvalue weighted by molar-refractivity contribution is 14.1. The van der Waals surface area contributed by atoms with Gasteiger partial charge in [0.25, 0.3) is 0 Å². The van der Waals surface area contributed by atoms with Crippen molar-refractivity contribution in [3.8, 4) is 0 Å². The summed E-state index contributed by atoms with van der Waals surface area (Å²) in [5, 5.41) is -0.0100. The van der Waals surface area contributed by atoms with Crippen LogP contribution in [0.15, 0.2) is 11.8 Å². The zero-order valence-corrected chi connectivity index (χ0v) is 9.30. The van der Waals surface area contributed by atoms with Gasteiger partial charge in [0.15, 0.2) is 0 Å². The van der Waals surface area contributed by atoms with Crippen molar-refractivity contribution in [2.24, 2.45) is 0 Å². The van der Waals surface area contributed by atoms with Gasteiger partial charge in [-0.1, -0.05) is 22.6 Å². The second kappa shape index (κ2) is 3.19. The summed E-state index contributed by atoms with van der Waals surface area (Å²) in [5.41, 5.74) is 1.11. The lowest BCUT2D eigenvalue weighted by Gasteiger charge is -2.41. The van der Waals surface area contributed by atoms with Gasteiger partial charge in [-0.15, -0.1) is 0 Å². The molecular weight excluding hydrogens is 289 g/mol. The molecule has 1 amide bonds. The number of rotatable bonds is 1. The van der Waals surface area contributed by atoms with Crippen LogP contribution in [0.1, 0.15) is 6.42 Å². The molecule has 2 aliphatic rings. The van der Waals surface area contributed by atoms with E-state index in [0.717, 1.165) is 10.0 Å². The van der Waals surface area contributed by atoms with E-state index in [2.05, 4.69) is 22.6 Å². The molecule has 2 aliphatic heterocycles. The fourth-order valence-electron chi connectivity index (χ4n) is 1.36. The number of carbonyl (C=O) groups excluding carboxylic acids is 1. The molecule has 12 heavy (non-hydrogen) atoms. The number of carbonyl (C=O) groups is 1. The highest BCUT2D eigenvalue weighted by atomic mass is 127. The lowest BCUT2D eigenvalue weighted by atomic mass is 10.2. The van der Waals surface area contributed by atoms with Crippen LogP contribution in [0.4, 0.5) is 0 Å². The van der Waals surface area contributed by atoms with Gasteiger partial charge in [0, 0.05) is 16.2 Å². The molecule has 66 valence electrons. The Morgan fingerprint density at radius 1 is 1.83 bits per heavy atom. The molecule has 0 aromatic heterocycles. The summed E-state index contributed by atoms with van der Waals surface area (Å²) in [7, 11) is 0. The highest BCUT2D eigenvalue weighted by Gasteiger charge is 2.46. The van der Waals surface area contributed by atoms with E-state index in [1.165, 1.54) is 0 Å². The zero-order valence-electron chi connectivity index (χ0n) is 6.33. The highest BCUT2D eigenvalue weighted by Crippen LogP contribution is 2.31. The first-order valence-corrected chi connectivity index (χ1v) is 6.57. The molecule has 2 atom stereocenters. The van der Waals surface area contributed by atoms with E-state index in [1.54, 1.807) is 4.90 Å². The van der Waals surface area contributed by atoms with Gasteiger partial charge in [-0.25, -0.2) is 0 Å². The van der Waals surface area contributed by atoms with Gasteiger partial charge in [-0.3, -0.25) is 9.69 Å². The normalized spacial score (nSPS) is 34.0. The van der Waals surface area contributed by atoms with Crippen molar-refractivity contribution in [2.45, 2.75) is 11.8 Å². The summed E-state index contributed by atoms with van der Waals surface area (Å²) in [6.07, 6.45) is 2.34. The van der Waals surface area contributed by atoms with Gasteiger partial charge in [-0.05, 0) is 11.2 Å². The Bertz CT molecular complexity index is 256. The van der Waals surface area contributed by atoms with E-state index in [4.69, 9.17) is 0 Å². The Morgan fingerprint density at radius 2 is 2.58 bits per heavy atom. The summed E-state index contributed by atoms with van der Waals surface area (Å²) < 4.78 is 12.3. The largest absolute Gasteiger partial charge is 0.614 e. The van der Waals surface area contributed by atoms with Crippen LogP contribution in [-0.2, 0) is 16.0 Å². The zero-order chi connectivity index (χ0) is 8.72. The second-order valence-electron chi connectivity index (χ2n) is 2.91. The Hall–Kier alpha value is 0.250. The molecule has 1 unspecified atom stereocenters. The minimum absolute atomic E-state index is 0.0100. The molecule has 0 N–H and O–H groups in total. The third kappa shape index (κ3) is 1.27. The lowest BCUT2D eigenvalue weighted by molar-refractivity contribution is -0.138. The first-order chi connectivity index (χ1) is 5.72. The van der Waals surface area contributed by atoms with E-state index >= 15 is 0 Å². The van der Waals surface area contributed by atoms with Crippen LogP contribution in [0, 0.1) is 0 Å². The quantitative estimate of drug-likeness (QED) is 0.308. The van der Waals surface area contributed by atoms with Crippen LogP contribution in [0.25, 0.3) is 0 Å². The van der Waals surface area contributed by atoms with Crippen molar-refractivity contribution in [1.29, 1.82) is 0 Å². The van der Waals surface area contributed by atoms with Crippen molar-refractivity contribution < 1.29 is 9.35 Å². The Balaban J connectivity index is 2.18. The number of nitrogens with zero attached hydrogens (tertiary/aromatic N) is 1. The van der Waals surface area contributed by atoms with Crippen molar-refractivity contribution in [3.05, 3.63) is 11.8 Å². The smallest absolute Gasteiger partial charge is 0.237 e. The topological polar surface area (TPSA) is 43.4 Å². The van der Waals surface area contributed by atoms with E-state index in [0.29, 0.717) is 12.2 Å². The number of halogens is 1. The molecule has 0 aromatic carbocycles. The standard InChI is InChI=1S/C7H8INO2S/c8-2-5-3-9-6(10)1-7(9)12(11)4-5/h3,7H,1-2,4H2/t7-,12?/m0/s1. The molecule has 0 bridgehead atoms. The number of hydrogen-bond acceptors (Lipinski definition) is 2. The van der Waals surface area contributed by atoms with Crippen molar-refractivity contribution in [1.82, 2.24) is 4.90 Å². The van der Waals surface area contributed by atoms with Gasteiger partial charge in [-0.2, -0.15) is 0 Å². The Morgan fingerprint density at radius 3 is 3.17 bits per heavy atom. The van der Waals surface area contributed by atoms with Crippen molar-refractivity contribution in [3.63, 3.8) is 0 Å². The monoisotopic (exact) mass is 297 g/mol. The number of hydrogen-bond donors (Lipinski definition) is 0. The van der Waals surface area contributed by atoms with Gasteiger partial charge < -0.3 is 4.55 Å². The Kier molecular flexibility index (Phi) is 2.35.